The first-order chi connectivity index (χ1) is 12.2. The van der Waals surface area contributed by atoms with E-state index in [1.54, 1.807) is 19.3 Å². The number of hydrogen-bond donors (Lipinski definition) is 3. The molecule has 0 bridgehead atoms. The van der Waals surface area contributed by atoms with Crippen molar-refractivity contribution in [1.82, 2.24) is 15.0 Å². The van der Waals surface area contributed by atoms with E-state index in [9.17, 15) is 9.90 Å². The van der Waals surface area contributed by atoms with E-state index in [0.717, 1.165) is 16.8 Å². The molecule has 0 radical (unpaired) electrons. The van der Waals surface area contributed by atoms with Crippen LogP contribution < -0.4 is 10.9 Å². The third-order valence-electron chi connectivity index (χ3n) is 3.58. The first-order valence-electron chi connectivity index (χ1n) is 7.83. The zero-order chi connectivity index (χ0) is 17.6. The second-order valence-electron chi connectivity index (χ2n) is 5.26. The van der Waals surface area contributed by atoms with Gasteiger partial charge in [0, 0.05) is 30.9 Å². The average molecular weight is 338 g/mol. The Kier molecular flexibility index (Phi) is 5.17. The van der Waals surface area contributed by atoms with Gasteiger partial charge in [0.2, 0.25) is 5.95 Å². The number of pyridine rings is 1. The van der Waals surface area contributed by atoms with E-state index in [1.165, 1.54) is 6.20 Å². The summed E-state index contributed by atoms with van der Waals surface area (Å²) < 4.78 is 4.99. The van der Waals surface area contributed by atoms with Crippen LogP contribution >= 0.6 is 0 Å². The monoisotopic (exact) mass is 338 g/mol. The quantitative estimate of drug-likeness (QED) is 0.597. The molecule has 0 aliphatic rings. The molecule has 25 heavy (non-hydrogen) atoms. The zero-order valence-corrected chi connectivity index (χ0v) is 13.6. The first kappa shape index (κ1) is 16.8. The molecule has 2 aromatic heterocycles. The van der Waals surface area contributed by atoms with Crippen molar-refractivity contribution in [2.45, 2.75) is 13.2 Å². The van der Waals surface area contributed by atoms with Gasteiger partial charge in [-0.2, -0.15) is 0 Å². The highest BCUT2D eigenvalue weighted by Crippen LogP contribution is 2.21. The number of benzene rings is 1. The third kappa shape index (κ3) is 4.09. The summed E-state index contributed by atoms with van der Waals surface area (Å²) in [5.74, 6) is 0.286. The molecule has 0 fully saturated rings. The van der Waals surface area contributed by atoms with Crippen LogP contribution in [0.5, 0.6) is 0 Å². The molecule has 128 valence electrons. The second kappa shape index (κ2) is 7.69. The normalized spacial score (nSPS) is 11.9. The van der Waals surface area contributed by atoms with Crippen molar-refractivity contribution in [3.05, 3.63) is 70.9 Å². The van der Waals surface area contributed by atoms with Gasteiger partial charge in [0.25, 0.3) is 5.56 Å². The SMILES string of the molecule is CCOC(O)c1cnc(Nc2ccc(-c3ccncc3)cc2)[nH]c1=O. The molecule has 0 aliphatic carbocycles. The molecule has 3 N–H and O–H groups in total. The van der Waals surface area contributed by atoms with Gasteiger partial charge < -0.3 is 15.2 Å². The average Bonchev–Trinajstić information content (AvgIpc) is 2.63. The van der Waals surface area contributed by atoms with Crippen molar-refractivity contribution in [3.8, 4) is 11.1 Å². The van der Waals surface area contributed by atoms with Gasteiger partial charge >= 0.3 is 0 Å². The van der Waals surface area contributed by atoms with Gasteiger partial charge in [-0.15, -0.1) is 0 Å². The predicted molar refractivity (Wildman–Crippen MR) is 94.4 cm³/mol. The Bertz CT molecular complexity index is 879. The van der Waals surface area contributed by atoms with E-state index >= 15 is 0 Å². The van der Waals surface area contributed by atoms with Crippen molar-refractivity contribution in [2.24, 2.45) is 0 Å². The summed E-state index contributed by atoms with van der Waals surface area (Å²) in [4.78, 5) is 22.7. The van der Waals surface area contributed by atoms with E-state index in [-0.39, 0.29) is 11.5 Å². The number of ether oxygens (including phenoxy) is 1. The van der Waals surface area contributed by atoms with Crippen LogP contribution in [0.25, 0.3) is 11.1 Å². The minimum atomic E-state index is -1.28. The van der Waals surface area contributed by atoms with Crippen molar-refractivity contribution < 1.29 is 9.84 Å². The standard InChI is InChI=1S/C18H18N4O3/c1-2-25-17(24)15-11-20-18(22-16(15)23)21-14-5-3-12(4-6-14)13-7-9-19-10-8-13/h3-11,17,24H,2H2,1H3,(H2,20,21,22,23). The van der Waals surface area contributed by atoms with Crippen molar-refractivity contribution >= 4 is 11.6 Å². The highest BCUT2D eigenvalue weighted by Gasteiger charge is 2.12. The fourth-order valence-electron chi connectivity index (χ4n) is 2.32. The molecule has 0 saturated carbocycles. The fraction of sp³-hybridized carbons (Fsp3) is 0.167. The first-order valence-corrected chi connectivity index (χ1v) is 7.83. The summed E-state index contributed by atoms with van der Waals surface area (Å²) in [6, 6.07) is 11.6. The van der Waals surface area contributed by atoms with E-state index in [2.05, 4.69) is 20.3 Å². The lowest BCUT2D eigenvalue weighted by Crippen LogP contribution is -2.20. The van der Waals surface area contributed by atoms with E-state index < -0.39 is 11.8 Å². The molecule has 1 unspecified atom stereocenters. The van der Waals surface area contributed by atoms with Crippen LogP contribution in [-0.4, -0.2) is 26.7 Å². The Balaban J connectivity index is 1.74. The molecule has 2 heterocycles. The fourth-order valence-corrected chi connectivity index (χ4v) is 2.32. The van der Waals surface area contributed by atoms with Gasteiger partial charge in [-0.3, -0.25) is 14.8 Å². The summed E-state index contributed by atoms with van der Waals surface area (Å²) in [5.41, 5.74) is 2.53. The van der Waals surface area contributed by atoms with Crippen LogP contribution in [0.4, 0.5) is 11.6 Å². The van der Waals surface area contributed by atoms with Crippen LogP contribution in [0.15, 0.2) is 59.8 Å². The lowest BCUT2D eigenvalue weighted by atomic mass is 10.1. The van der Waals surface area contributed by atoms with Gasteiger partial charge in [-0.1, -0.05) is 12.1 Å². The molecule has 0 spiro atoms. The van der Waals surface area contributed by atoms with Crippen LogP contribution in [-0.2, 0) is 4.74 Å². The molecule has 0 saturated heterocycles. The van der Waals surface area contributed by atoms with E-state index in [4.69, 9.17) is 4.74 Å². The number of aliphatic hydroxyl groups excluding tert-OH is 1. The molecule has 0 aliphatic heterocycles. The van der Waals surface area contributed by atoms with Gasteiger partial charge in [-0.25, -0.2) is 4.98 Å². The smallest absolute Gasteiger partial charge is 0.260 e. The number of aliphatic hydroxyl groups is 1. The Morgan fingerprint density at radius 2 is 1.84 bits per heavy atom. The lowest BCUT2D eigenvalue weighted by Gasteiger charge is -2.11. The van der Waals surface area contributed by atoms with Crippen LogP contribution in [0.3, 0.4) is 0 Å². The van der Waals surface area contributed by atoms with Crippen LogP contribution in [0.1, 0.15) is 18.8 Å². The summed E-state index contributed by atoms with van der Waals surface area (Å²) >= 11 is 0. The Morgan fingerprint density at radius 3 is 2.48 bits per heavy atom. The van der Waals surface area contributed by atoms with E-state index in [0.29, 0.717) is 6.61 Å². The minimum absolute atomic E-state index is 0.0698. The molecule has 7 heteroatoms. The Morgan fingerprint density at radius 1 is 1.16 bits per heavy atom. The van der Waals surface area contributed by atoms with Gasteiger partial charge in [0.05, 0.1) is 5.56 Å². The molecule has 7 nitrogen and oxygen atoms in total. The summed E-state index contributed by atoms with van der Waals surface area (Å²) in [6.07, 6.45) is 3.50. The predicted octanol–water partition coefficient (Wildman–Crippen LogP) is 2.60. The Labute approximate surface area is 144 Å². The number of aromatic amines is 1. The molecular weight excluding hydrogens is 320 g/mol. The van der Waals surface area contributed by atoms with E-state index in [1.807, 2.05) is 36.4 Å². The minimum Gasteiger partial charge on any atom is -0.364 e. The van der Waals surface area contributed by atoms with Gasteiger partial charge in [-0.05, 0) is 42.3 Å². The number of rotatable bonds is 6. The highest BCUT2D eigenvalue weighted by atomic mass is 16.6. The summed E-state index contributed by atoms with van der Waals surface area (Å²) in [5, 5.41) is 12.7. The lowest BCUT2D eigenvalue weighted by molar-refractivity contribution is -0.0990. The molecule has 0 amide bonds. The van der Waals surface area contributed by atoms with Crippen molar-refractivity contribution in [2.75, 3.05) is 11.9 Å². The number of H-pyrrole nitrogens is 1. The number of nitrogens with zero attached hydrogens (tertiary/aromatic N) is 2. The molecule has 3 aromatic rings. The molecular formula is C18H18N4O3. The number of hydrogen-bond acceptors (Lipinski definition) is 6. The highest BCUT2D eigenvalue weighted by molar-refractivity contribution is 5.66. The maximum Gasteiger partial charge on any atom is 0.260 e. The maximum absolute atomic E-state index is 12.0. The number of anilines is 2. The van der Waals surface area contributed by atoms with Crippen LogP contribution in [0, 0.1) is 0 Å². The molecule has 1 atom stereocenters. The van der Waals surface area contributed by atoms with Gasteiger partial charge in [0.1, 0.15) is 0 Å². The maximum atomic E-state index is 12.0. The zero-order valence-electron chi connectivity index (χ0n) is 13.6. The summed E-state index contributed by atoms with van der Waals surface area (Å²) in [6.45, 7) is 2.03. The summed E-state index contributed by atoms with van der Waals surface area (Å²) in [7, 11) is 0. The third-order valence-corrected chi connectivity index (χ3v) is 3.58. The Hall–Kier alpha value is -3.03. The largest absolute Gasteiger partial charge is 0.364 e. The number of aromatic nitrogens is 3. The second-order valence-corrected chi connectivity index (χ2v) is 5.26. The van der Waals surface area contributed by atoms with Crippen molar-refractivity contribution in [3.63, 3.8) is 0 Å². The molecule has 1 aromatic carbocycles. The van der Waals surface area contributed by atoms with Crippen LogP contribution in [0.2, 0.25) is 0 Å². The molecule has 3 rings (SSSR count). The number of nitrogens with one attached hydrogen (secondary N) is 2. The van der Waals surface area contributed by atoms with Crippen molar-refractivity contribution in [1.29, 1.82) is 0 Å². The van der Waals surface area contributed by atoms with Gasteiger partial charge in [0.15, 0.2) is 6.29 Å². The topological polar surface area (TPSA) is 100 Å².